The van der Waals surface area contributed by atoms with Gasteiger partial charge < -0.3 is 4.74 Å². The van der Waals surface area contributed by atoms with Crippen LogP contribution in [-0.4, -0.2) is 36.4 Å². The maximum atomic E-state index is 13.5. The lowest BCUT2D eigenvalue weighted by Crippen LogP contribution is -2.37. The molecule has 2 aromatic carbocycles. The van der Waals surface area contributed by atoms with Gasteiger partial charge in [-0.15, -0.1) is 11.8 Å². The molecule has 1 fully saturated rings. The van der Waals surface area contributed by atoms with Gasteiger partial charge in [-0.2, -0.15) is 0 Å². The highest BCUT2D eigenvalue weighted by atomic mass is 32.2. The number of hydrogen-bond donors (Lipinski definition) is 0. The van der Waals surface area contributed by atoms with E-state index in [4.69, 9.17) is 9.72 Å². The maximum Gasteiger partial charge on any atom is 0.260 e. The van der Waals surface area contributed by atoms with Gasteiger partial charge in [0, 0.05) is 17.1 Å². The minimum atomic E-state index is -0.0155. The molecule has 1 unspecified atom stereocenters. The molecule has 0 spiro atoms. The van der Waals surface area contributed by atoms with Gasteiger partial charge in [0.05, 0.1) is 22.9 Å². The molecule has 1 amide bonds. The number of anilines is 1. The highest BCUT2D eigenvalue weighted by Crippen LogP contribution is 2.34. The van der Waals surface area contributed by atoms with Crippen molar-refractivity contribution in [3.8, 4) is 0 Å². The molecule has 6 heteroatoms. The fourth-order valence-corrected chi connectivity index (χ4v) is 5.09. The van der Waals surface area contributed by atoms with Crippen molar-refractivity contribution < 1.29 is 9.53 Å². The lowest BCUT2D eigenvalue weighted by atomic mass is 10.0. The third kappa shape index (κ3) is 4.34. The topological polar surface area (TPSA) is 42.4 Å². The molecule has 1 atom stereocenters. The molecule has 0 bridgehead atoms. The lowest BCUT2D eigenvalue weighted by Gasteiger charge is -2.23. The minimum Gasteiger partial charge on any atom is -0.376 e. The summed E-state index contributed by atoms with van der Waals surface area (Å²) >= 11 is 3.26. The Labute approximate surface area is 180 Å². The standard InChI is InChI=1S/C23H26N2O2S2/c1-15(2)19-7-4-8-20-21(19)24-23(29-20)25(14-17-6-5-13-27-17)22(26)16-9-11-18(28-3)12-10-16/h4,7-12,15,17H,5-6,13-14H2,1-3H3. The smallest absolute Gasteiger partial charge is 0.260 e. The van der Waals surface area contributed by atoms with E-state index < -0.39 is 0 Å². The van der Waals surface area contributed by atoms with Crippen LogP contribution in [0.2, 0.25) is 0 Å². The van der Waals surface area contributed by atoms with Gasteiger partial charge in [0.15, 0.2) is 5.13 Å². The van der Waals surface area contributed by atoms with Crippen molar-refractivity contribution in [2.75, 3.05) is 24.3 Å². The normalized spacial score (nSPS) is 16.6. The molecule has 4 nitrogen and oxygen atoms in total. The number of para-hydroxylation sites is 1. The second-order valence-corrected chi connectivity index (χ2v) is 9.51. The number of nitrogens with zero attached hydrogens (tertiary/aromatic N) is 2. The van der Waals surface area contributed by atoms with E-state index in [1.807, 2.05) is 35.4 Å². The molecule has 0 radical (unpaired) electrons. The number of hydrogen-bond acceptors (Lipinski definition) is 5. The van der Waals surface area contributed by atoms with Crippen molar-refractivity contribution in [3.05, 3.63) is 53.6 Å². The largest absolute Gasteiger partial charge is 0.376 e. The zero-order valence-electron chi connectivity index (χ0n) is 17.1. The van der Waals surface area contributed by atoms with Crippen molar-refractivity contribution in [2.24, 2.45) is 0 Å². The predicted octanol–water partition coefficient (Wildman–Crippen LogP) is 5.97. The number of aromatic nitrogens is 1. The molecule has 29 heavy (non-hydrogen) atoms. The Kier molecular flexibility index (Phi) is 6.23. The van der Waals surface area contributed by atoms with Gasteiger partial charge in [0.25, 0.3) is 5.91 Å². The zero-order chi connectivity index (χ0) is 20.4. The summed E-state index contributed by atoms with van der Waals surface area (Å²) in [4.78, 5) is 21.3. The van der Waals surface area contributed by atoms with E-state index >= 15 is 0 Å². The summed E-state index contributed by atoms with van der Waals surface area (Å²) in [6, 6.07) is 14.1. The van der Waals surface area contributed by atoms with Gasteiger partial charge in [0.2, 0.25) is 0 Å². The van der Waals surface area contributed by atoms with Crippen LogP contribution in [-0.2, 0) is 4.74 Å². The fraction of sp³-hybridized carbons (Fsp3) is 0.391. The summed E-state index contributed by atoms with van der Waals surface area (Å²) in [7, 11) is 0. The van der Waals surface area contributed by atoms with Crippen LogP contribution in [0.4, 0.5) is 5.13 Å². The average Bonchev–Trinajstić information content (AvgIpc) is 3.40. The van der Waals surface area contributed by atoms with Gasteiger partial charge in [-0.05, 0) is 60.9 Å². The Balaban J connectivity index is 1.72. The second kappa shape index (κ2) is 8.86. The van der Waals surface area contributed by atoms with E-state index in [2.05, 4.69) is 32.0 Å². The highest BCUT2D eigenvalue weighted by Gasteiger charge is 2.27. The van der Waals surface area contributed by atoms with E-state index in [1.54, 1.807) is 23.1 Å². The number of thiazole rings is 1. The van der Waals surface area contributed by atoms with Gasteiger partial charge >= 0.3 is 0 Å². The second-order valence-electron chi connectivity index (χ2n) is 7.62. The summed E-state index contributed by atoms with van der Waals surface area (Å²) < 4.78 is 6.96. The van der Waals surface area contributed by atoms with Crippen LogP contribution in [0.5, 0.6) is 0 Å². The molecule has 1 aromatic heterocycles. The fourth-order valence-electron chi connectivity index (χ4n) is 3.67. The first kappa shape index (κ1) is 20.4. The molecule has 4 rings (SSSR count). The minimum absolute atomic E-state index is 0.0155. The Morgan fingerprint density at radius 1 is 1.28 bits per heavy atom. The third-order valence-corrected chi connectivity index (χ3v) is 7.07. The molecule has 0 N–H and O–H groups in total. The molecular weight excluding hydrogens is 400 g/mol. The van der Waals surface area contributed by atoms with Crippen LogP contribution in [0.3, 0.4) is 0 Å². The van der Waals surface area contributed by atoms with Gasteiger partial charge in [-0.1, -0.05) is 37.3 Å². The van der Waals surface area contributed by atoms with Crippen molar-refractivity contribution in [1.82, 2.24) is 4.98 Å². The molecule has 152 valence electrons. The molecule has 1 aliphatic rings. The van der Waals surface area contributed by atoms with Crippen LogP contribution in [0.15, 0.2) is 47.4 Å². The molecule has 0 saturated carbocycles. The number of fused-ring (bicyclic) bond motifs is 1. The first-order valence-corrected chi connectivity index (χ1v) is 12.1. The number of thioether (sulfide) groups is 1. The van der Waals surface area contributed by atoms with Crippen LogP contribution in [0, 0.1) is 0 Å². The number of ether oxygens (including phenoxy) is 1. The summed E-state index contributed by atoms with van der Waals surface area (Å²) in [6.07, 6.45) is 4.14. The monoisotopic (exact) mass is 426 g/mol. The molecule has 1 saturated heterocycles. The van der Waals surface area contributed by atoms with E-state index in [1.165, 1.54) is 5.56 Å². The summed E-state index contributed by atoms with van der Waals surface area (Å²) in [5.41, 5.74) is 2.91. The first-order chi connectivity index (χ1) is 14.1. The summed E-state index contributed by atoms with van der Waals surface area (Å²) in [6.45, 7) is 5.67. The number of amides is 1. The third-order valence-electron chi connectivity index (χ3n) is 5.28. The van der Waals surface area contributed by atoms with Gasteiger partial charge in [-0.25, -0.2) is 4.98 Å². The highest BCUT2D eigenvalue weighted by molar-refractivity contribution is 7.98. The number of carbonyl (C=O) groups excluding carboxylic acids is 1. The number of carbonyl (C=O) groups is 1. The van der Waals surface area contributed by atoms with Crippen LogP contribution in [0.1, 0.15) is 48.5 Å². The lowest BCUT2D eigenvalue weighted by molar-refractivity contribution is 0.0917. The Morgan fingerprint density at radius 2 is 2.07 bits per heavy atom. The Morgan fingerprint density at radius 3 is 2.72 bits per heavy atom. The van der Waals surface area contributed by atoms with Crippen molar-refractivity contribution in [2.45, 2.75) is 43.6 Å². The Bertz CT molecular complexity index is 992. The SMILES string of the molecule is CSc1ccc(C(=O)N(CC2CCCO2)c2nc3c(C(C)C)cccc3s2)cc1. The van der Waals surface area contributed by atoms with Crippen LogP contribution < -0.4 is 4.90 Å². The van der Waals surface area contributed by atoms with Crippen LogP contribution >= 0.6 is 23.1 Å². The average molecular weight is 427 g/mol. The molecule has 2 heterocycles. The number of benzene rings is 2. The molecular formula is C23H26N2O2S2. The molecule has 0 aliphatic carbocycles. The van der Waals surface area contributed by atoms with Crippen molar-refractivity contribution in [1.29, 1.82) is 0 Å². The molecule has 3 aromatic rings. The zero-order valence-corrected chi connectivity index (χ0v) is 18.7. The van der Waals surface area contributed by atoms with E-state index in [-0.39, 0.29) is 12.0 Å². The van der Waals surface area contributed by atoms with Crippen molar-refractivity contribution >= 4 is 44.4 Å². The van der Waals surface area contributed by atoms with Crippen LogP contribution in [0.25, 0.3) is 10.2 Å². The van der Waals surface area contributed by atoms with E-state index in [9.17, 15) is 4.79 Å². The summed E-state index contributed by atoms with van der Waals surface area (Å²) in [5.74, 6) is 0.369. The quantitative estimate of drug-likeness (QED) is 0.456. The van der Waals surface area contributed by atoms with Crippen molar-refractivity contribution in [3.63, 3.8) is 0 Å². The summed E-state index contributed by atoms with van der Waals surface area (Å²) in [5, 5.41) is 0.752. The van der Waals surface area contributed by atoms with E-state index in [0.29, 0.717) is 18.0 Å². The van der Waals surface area contributed by atoms with E-state index in [0.717, 1.165) is 39.7 Å². The number of rotatable bonds is 6. The van der Waals surface area contributed by atoms with Gasteiger partial charge in [0.1, 0.15) is 0 Å². The molecule has 1 aliphatic heterocycles. The first-order valence-electron chi connectivity index (χ1n) is 10.0. The predicted molar refractivity (Wildman–Crippen MR) is 123 cm³/mol. The maximum absolute atomic E-state index is 13.5. The Hall–Kier alpha value is -1.89. The van der Waals surface area contributed by atoms with Gasteiger partial charge in [-0.3, -0.25) is 9.69 Å².